The number of para-hydroxylation sites is 2. The number of carbonyl (C=O) groups is 1. The molecule has 0 aliphatic carbocycles. The molecule has 5 heteroatoms. The van der Waals surface area contributed by atoms with E-state index in [0.717, 1.165) is 22.6 Å². The third kappa shape index (κ3) is 4.13. The van der Waals surface area contributed by atoms with Crippen LogP contribution in [0.15, 0.2) is 59.8 Å². The molecule has 1 atom stereocenters. The molecule has 4 nitrogen and oxygen atoms in total. The molecule has 0 unspecified atom stereocenters. The van der Waals surface area contributed by atoms with Crippen LogP contribution in [0.25, 0.3) is 11.0 Å². The first-order chi connectivity index (χ1) is 11.2. The van der Waals surface area contributed by atoms with Gasteiger partial charge in [0.05, 0.1) is 16.3 Å². The van der Waals surface area contributed by atoms with Crippen LogP contribution in [0, 0.1) is 0 Å². The molecule has 3 aromatic rings. The summed E-state index contributed by atoms with van der Waals surface area (Å²) in [7, 11) is 0. The summed E-state index contributed by atoms with van der Waals surface area (Å²) in [5.74, 6) is 0.0337. The van der Waals surface area contributed by atoms with Crippen LogP contribution in [0.2, 0.25) is 0 Å². The second-order valence-corrected chi connectivity index (χ2v) is 6.68. The van der Waals surface area contributed by atoms with Gasteiger partial charge in [-0.3, -0.25) is 4.79 Å². The number of carbonyl (C=O) groups excluding carboxylic acids is 1. The van der Waals surface area contributed by atoms with Gasteiger partial charge in [-0.1, -0.05) is 54.2 Å². The molecule has 118 valence electrons. The van der Waals surface area contributed by atoms with Crippen LogP contribution in [-0.4, -0.2) is 27.7 Å². The van der Waals surface area contributed by atoms with Crippen molar-refractivity contribution in [1.82, 2.24) is 15.3 Å². The van der Waals surface area contributed by atoms with Crippen molar-refractivity contribution in [2.24, 2.45) is 0 Å². The number of imidazole rings is 1. The molecule has 0 saturated heterocycles. The van der Waals surface area contributed by atoms with E-state index < -0.39 is 0 Å². The first-order valence-electron chi connectivity index (χ1n) is 7.65. The Morgan fingerprint density at radius 1 is 1.17 bits per heavy atom. The standard InChI is InChI=1S/C18H19N3OS/c1-13(17(22)19-12-11-14-7-3-2-4-8-14)23-18-20-15-9-5-6-10-16(15)21-18/h2-10,13H,11-12H2,1H3,(H,19,22)(H,20,21)/t13-/m1/s1. The Labute approximate surface area is 139 Å². The van der Waals surface area contributed by atoms with Crippen molar-refractivity contribution in [3.63, 3.8) is 0 Å². The molecule has 2 N–H and O–H groups in total. The van der Waals surface area contributed by atoms with Gasteiger partial charge >= 0.3 is 0 Å². The molecular formula is C18H19N3OS. The van der Waals surface area contributed by atoms with Gasteiger partial charge in [-0.2, -0.15) is 0 Å². The summed E-state index contributed by atoms with van der Waals surface area (Å²) in [6.07, 6.45) is 0.842. The van der Waals surface area contributed by atoms with Gasteiger partial charge in [-0.25, -0.2) is 4.98 Å². The Bertz CT molecular complexity index is 752. The minimum atomic E-state index is -0.189. The SMILES string of the molecule is C[C@@H](Sc1nc2ccccc2[nH]1)C(=O)NCCc1ccccc1. The van der Waals surface area contributed by atoms with E-state index in [-0.39, 0.29) is 11.2 Å². The summed E-state index contributed by atoms with van der Waals surface area (Å²) in [4.78, 5) is 19.9. The number of aromatic amines is 1. The van der Waals surface area contributed by atoms with Gasteiger partial charge in [-0.15, -0.1) is 0 Å². The molecule has 0 aliphatic rings. The Balaban J connectivity index is 1.51. The first-order valence-corrected chi connectivity index (χ1v) is 8.53. The third-order valence-corrected chi connectivity index (χ3v) is 4.57. The average Bonchev–Trinajstić information content (AvgIpc) is 2.98. The van der Waals surface area contributed by atoms with E-state index in [9.17, 15) is 4.79 Å². The second-order valence-electron chi connectivity index (χ2n) is 5.35. The smallest absolute Gasteiger partial charge is 0.233 e. The van der Waals surface area contributed by atoms with Crippen LogP contribution in [0.1, 0.15) is 12.5 Å². The maximum absolute atomic E-state index is 12.2. The molecule has 23 heavy (non-hydrogen) atoms. The highest BCUT2D eigenvalue weighted by molar-refractivity contribution is 8.00. The summed E-state index contributed by atoms with van der Waals surface area (Å²) < 4.78 is 0. The van der Waals surface area contributed by atoms with Gasteiger partial charge in [0, 0.05) is 6.54 Å². The van der Waals surface area contributed by atoms with Crippen LogP contribution in [0.4, 0.5) is 0 Å². The molecule has 0 aliphatic heterocycles. The topological polar surface area (TPSA) is 57.8 Å². The van der Waals surface area contributed by atoms with Gasteiger partial charge in [0.25, 0.3) is 0 Å². The maximum Gasteiger partial charge on any atom is 0.233 e. The molecule has 0 saturated carbocycles. The normalized spacial score (nSPS) is 12.2. The lowest BCUT2D eigenvalue weighted by Crippen LogP contribution is -2.32. The van der Waals surface area contributed by atoms with Crippen LogP contribution in [-0.2, 0) is 11.2 Å². The lowest BCUT2D eigenvalue weighted by atomic mass is 10.1. The number of H-pyrrole nitrogens is 1. The monoisotopic (exact) mass is 325 g/mol. The first kappa shape index (κ1) is 15.6. The zero-order valence-electron chi connectivity index (χ0n) is 13.0. The van der Waals surface area contributed by atoms with Gasteiger partial charge in [-0.05, 0) is 31.0 Å². The predicted octanol–water partition coefficient (Wildman–Crippen LogP) is 3.40. The molecule has 0 radical (unpaired) electrons. The average molecular weight is 325 g/mol. The zero-order valence-corrected chi connectivity index (χ0v) is 13.8. The predicted molar refractivity (Wildman–Crippen MR) is 94.6 cm³/mol. The summed E-state index contributed by atoms with van der Waals surface area (Å²) >= 11 is 1.44. The maximum atomic E-state index is 12.2. The highest BCUT2D eigenvalue weighted by Crippen LogP contribution is 2.23. The van der Waals surface area contributed by atoms with Gasteiger partial charge in [0.2, 0.25) is 5.91 Å². The summed E-state index contributed by atoms with van der Waals surface area (Å²) in [5, 5.41) is 3.57. The fourth-order valence-electron chi connectivity index (χ4n) is 2.32. The number of hydrogen-bond acceptors (Lipinski definition) is 3. The Morgan fingerprint density at radius 3 is 2.70 bits per heavy atom. The van der Waals surface area contributed by atoms with E-state index in [0.29, 0.717) is 6.54 Å². The van der Waals surface area contributed by atoms with Crippen LogP contribution < -0.4 is 5.32 Å². The summed E-state index contributed by atoms with van der Waals surface area (Å²) in [5.41, 5.74) is 3.14. The molecule has 3 rings (SSSR count). The minimum absolute atomic E-state index is 0.0337. The number of nitrogens with one attached hydrogen (secondary N) is 2. The van der Waals surface area contributed by atoms with Crippen molar-refractivity contribution >= 4 is 28.7 Å². The number of nitrogens with zero attached hydrogens (tertiary/aromatic N) is 1. The minimum Gasteiger partial charge on any atom is -0.355 e. The quantitative estimate of drug-likeness (QED) is 0.683. The lowest BCUT2D eigenvalue weighted by Gasteiger charge is -2.10. The third-order valence-electron chi connectivity index (χ3n) is 3.58. The molecule has 1 amide bonds. The number of aromatic nitrogens is 2. The van der Waals surface area contributed by atoms with E-state index in [1.807, 2.05) is 49.4 Å². The largest absolute Gasteiger partial charge is 0.355 e. The van der Waals surface area contributed by atoms with Crippen molar-refractivity contribution < 1.29 is 4.79 Å². The fraction of sp³-hybridized carbons (Fsp3) is 0.222. The molecule has 1 aromatic heterocycles. The van der Waals surface area contributed by atoms with E-state index in [1.54, 1.807) is 0 Å². The summed E-state index contributed by atoms with van der Waals surface area (Å²) in [6, 6.07) is 18.0. The molecule has 2 aromatic carbocycles. The van der Waals surface area contributed by atoms with Crippen molar-refractivity contribution in [3.05, 3.63) is 60.2 Å². The highest BCUT2D eigenvalue weighted by Gasteiger charge is 2.16. The fourth-order valence-corrected chi connectivity index (χ4v) is 3.17. The van der Waals surface area contributed by atoms with Crippen molar-refractivity contribution in [2.45, 2.75) is 23.8 Å². The molecule has 1 heterocycles. The summed E-state index contributed by atoms with van der Waals surface area (Å²) in [6.45, 7) is 2.55. The Kier molecular flexibility index (Phi) is 4.98. The molecule has 0 bridgehead atoms. The van der Waals surface area contributed by atoms with E-state index in [1.165, 1.54) is 17.3 Å². The number of amides is 1. The number of fused-ring (bicyclic) bond motifs is 1. The number of rotatable bonds is 6. The number of thioether (sulfide) groups is 1. The van der Waals surface area contributed by atoms with Crippen molar-refractivity contribution in [3.8, 4) is 0 Å². The van der Waals surface area contributed by atoms with Crippen molar-refractivity contribution in [2.75, 3.05) is 6.54 Å². The number of hydrogen-bond donors (Lipinski definition) is 2. The molecule has 0 fully saturated rings. The van der Waals surface area contributed by atoms with Gasteiger partial charge in [0.15, 0.2) is 5.16 Å². The Hall–Kier alpha value is -2.27. The van der Waals surface area contributed by atoms with Crippen LogP contribution in [0.5, 0.6) is 0 Å². The van der Waals surface area contributed by atoms with E-state index in [2.05, 4.69) is 27.4 Å². The second kappa shape index (κ2) is 7.33. The van der Waals surface area contributed by atoms with Gasteiger partial charge < -0.3 is 10.3 Å². The molecule has 0 spiro atoms. The van der Waals surface area contributed by atoms with Gasteiger partial charge in [0.1, 0.15) is 0 Å². The highest BCUT2D eigenvalue weighted by atomic mass is 32.2. The molecular weight excluding hydrogens is 306 g/mol. The van der Waals surface area contributed by atoms with Crippen molar-refractivity contribution in [1.29, 1.82) is 0 Å². The zero-order chi connectivity index (χ0) is 16.1. The lowest BCUT2D eigenvalue weighted by molar-refractivity contribution is -0.120. The van der Waals surface area contributed by atoms with E-state index in [4.69, 9.17) is 0 Å². The Morgan fingerprint density at radius 2 is 1.91 bits per heavy atom. The van der Waals surface area contributed by atoms with E-state index >= 15 is 0 Å². The van der Waals surface area contributed by atoms with Crippen LogP contribution >= 0.6 is 11.8 Å². The van der Waals surface area contributed by atoms with Crippen LogP contribution in [0.3, 0.4) is 0 Å². The number of benzene rings is 2.